The summed E-state index contributed by atoms with van der Waals surface area (Å²) in [5.74, 6) is 1.50. The van der Waals surface area contributed by atoms with E-state index in [1.54, 1.807) is 11.3 Å². The van der Waals surface area contributed by atoms with Crippen molar-refractivity contribution < 1.29 is 5.11 Å². The minimum absolute atomic E-state index is 0.0269. The summed E-state index contributed by atoms with van der Waals surface area (Å²) in [7, 11) is 0. The number of aliphatic hydroxyl groups excluding tert-OH is 1. The lowest BCUT2D eigenvalue weighted by Crippen LogP contribution is -2.57. The number of guanidine groups is 1. The SMILES string of the molecule is CCCN1C=NC2C(=NCc3ccc(C)s3)NC(N[C@H](CC)CO)=NC21. The molecule has 2 aliphatic heterocycles. The van der Waals surface area contributed by atoms with Gasteiger partial charge in [0.25, 0.3) is 0 Å². The number of aliphatic hydroxyl groups is 1. The van der Waals surface area contributed by atoms with Crippen molar-refractivity contribution in [3.05, 3.63) is 21.9 Å². The fourth-order valence-electron chi connectivity index (χ4n) is 3.06. The number of hydrogen-bond donors (Lipinski definition) is 3. The second kappa shape index (κ2) is 8.64. The van der Waals surface area contributed by atoms with E-state index in [9.17, 15) is 5.11 Å². The van der Waals surface area contributed by atoms with Crippen LogP contribution in [0.4, 0.5) is 0 Å². The van der Waals surface area contributed by atoms with Gasteiger partial charge in [-0.25, -0.2) is 4.99 Å². The van der Waals surface area contributed by atoms with Crippen LogP contribution in [0.2, 0.25) is 0 Å². The van der Waals surface area contributed by atoms with Crippen LogP contribution in [0.1, 0.15) is 36.4 Å². The first-order chi connectivity index (χ1) is 12.6. The summed E-state index contributed by atoms with van der Waals surface area (Å²) in [5, 5.41) is 16.1. The van der Waals surface area contributed by atoms with Crippen molar-refractivity contribution in [2.75, 3.05) is 13.2 Å². The van der Waals surface area contributed by atoms with E-state index < -0.39 is 0 Å². The van der Waals surface area contributed by atoms with Gasteiger partial charge in [-0.3, -0.25) is 9.98 Å². The fraction of sp³-hybridized carbons (Fsp3) is 0.611. The molecule has 7 nitrogen and oxygen atoms in total. The Morgan fingerprint density at radius 3 is 2.92 bits per heavy atom. The smallest absolute Gasteiger partial charge is 0.199 e. The highest BCUT2D eigenvalue weighted by atomic mass is 32.1. The molecule has 2 unspecified atom stereocenters. The van der Waals surface area contributed by atoms with Gasteiger partial charge in [0.15, 0.2) is 12.1 Å². The van der Waals surface area contributed by atoms with Gasteiger partial charge in [0.05, 0.1) is 25.5 Å². The molecule has 0 bridgehead atoms. The molecule has 2 aliphatic rings. The summed E-state index contributed by atoms with van der Waals surface area (Å²) in [6.45, 7) is 7.91. The molecule has 3 heterocycles. The molecule has 0 fully saturated rings. The molecule has 8 heteroatoms. The van der Waals surface area contributed by atoms with Crippen LogP contribution in [0.3, 0.4) is 0 Å². The van der Waals surface area contributed by atoms with Crippen LogP contribution in [0.25, 0.3) is 0 Å². The molecule has 1 aromatic heterocycles. The van der Waals surface area contributed by atoms with E-state index in [4.69, 9.17) is 9.98 Å². The number of fused-ring (bicyclic) bond motifs is 1. The highest BCUT2D eigenvalue weighted by molar-refractivity contribution is 7.11. The first-order valence-corrected chi connectivity index (χ1v) is 10.1. The van der Waals surface area contributed by atoms with E-state index in [0.29, 0.717) is 12.5 Å². The standard InChI is InChI=1S/C18H28N6OS/c1-4-8-24-11-20-15-16(19-9-14-7-6-12(3)26-14)22-18(23-17(15)24)21-13(5-2)10-25/h6-7,11,13,15,17,25H,4-5,8-10H2,1-3H3,(H2,19,21,22,23)/t13-,15?,17?/m1/s1. The van der Waals surface area contributed by atoms with Crippen LogP contribution in [0, 0.1) is 6.92 Å². The number of amidine groups is 1. The van der Waals surface area contributed by atoms with Crippen molar-refractivity contribution >= 4 is 29.5 Å². The zero-order valence-corrected chi connectivity index (χ0v) is 16.5. The number of aryl methyl sites for hydroxylation is 1. The van der Waals surface area contributed by atoms with Gasteiger partial charge in [0.2, 0.25) is 0 Å². The molecular formula is C18H28N6OS. The minimum atomic E-state index is -0.0950. The number of nitrogens with zero attached hydrogens (tertiary/aromatic N) is 4. The highest BCUT2D eigenvalue weighted by Gasteiger charge is 2.38. The van der Waals surface area contributed by atoms with E-state index in [-0.39, 0.29) is 24.9 Å². The Morgan fingerprint density at radius 2 is 2.27 bits per heavy atom. The van der Waals surface area contributed by atoms with Gasteiger partial charge in [-0.15, -0.1) is 11.3 Å². The van der Waals surface area contributed by atoms with E-state index in [1.807, 2.05) is 13.3 Å². The van der Waals surface area contributed by atoms with Crippen molar-refractivity contribution in [3.8, 4) is 0 Å². The van der Waals surface area contributed by atoms with Gasteiger partial charge < -0.3 is 20.6 Å². The van der Waals surface area contributed by atoms with Gasteiger partial charge in [0.1, 0.15) is 11.9 Å². The molecule has 3 N–H and O–H groups in total. The maximum atomic E-state index is 9.49. The monoisotopic (exact) mass is 376 g/mol. The van der Waals surface area contributed by atoms with E-state index >= 15 is 0 Å². The minimum Gasteiger partial charge on any atom is -0.394 e. The Morgan fingerprint density at radius 1 is 1.42 bits per heavy atom. The number of nitrogens with one attached hydrogen (secondary N) is 2. The van der Waals surface area contributed by atoms with Crippen LogP contribution >= 0.6 is 11.3 Å². The van der Waals surface area contributed by atoms with Crippen LogP contribution in [0.15, 0.2) is 27.1 Å². The Balaban J connectivity index is 1.80. The third-order valence-corrected chi connectivity index (χ3v) is 5.51. The quantitative estimate of drug-likeness (QED) is 0.677. The van der Waals surface area contributed by atoms with E-state index in [0.717, 1.165) is 25.2 Å². The molecule has 0 aliphatic carbocycles. The van der Waals surface area contributed by atoms with Crippen molar-refractivity contribution in [3.63, 3.8) is 0 Å². The Labute approximate surface area is 159 Å². The number of thiophene rings is 1. The average Bonchev–Trinajstić information content (AvgIpc) is 3.24. The first-order valence-electron chi connectivity index (χ1n) is 9.25. The maximum absolute atomic E-state index is 9.49. The molecule has 1 aromatic rings. The van der Waals surface area contributed by atoms with Crippen molar-refractivity contribution in [2.24, 2.45) is 15.0 Å². The van der Waals surface area contributed by atoms with Crippen LogP contribution < -0.4 is 10.6 Å². The first kappa shape index (κ1) is 18.8. The summed E-state index contributed by atoms with van der Waals surface area (Å²) in [5.41, 5.74) is 0. The lowest BCUT2D eigenvalue weighted by atomic mass is 10.1. The molecule has 142 valence electrons. The second-order valence-electron chi connectivity index (χ2n) is 6.61. The van der Waals surface area contributed by atoms with Gasteiger partial charge in [-0.05, 0) is 31.9 Å². The van der Waals surface area contributed by atoms with Gasteiger partial charge in [-0.2, -0.15) is 0 Å². The van der Waals surface area contributed by atoms with Gasteiger partial charge in [0, 0.05) is 16.3 Å². The Bertz CT molecular complexity index is 694. The number of rotatable bonds is 7. The molecule has 26 heavy (non-hydrogen) atoms. The summed E-state index contributed by atoms with van der Waals surface area (Å²) in [6, 6.07) is 4.12. The molecule has 0 spiro atoms. The fourth-order valence-corrected chi connectivity index (χ4v) is 3.87. The average molecular weight is 377 g/mol. The summed E-state index contributed by atoms with van der Waals surface area (Å²) in [6.07, 6.45) is 3.68. The highest BCUT2D eigenvalue weighted by Crippen LogP contribution is 2.21. The normalized spacial score (nSPS) is 24.4. The molecule has 0 aromatic carbocycles. The third-order valence-electron chi connectivity index (χ3n) is 4.52. The maximum Gasteiger partial charge on any atom is 0.199 e. The molecule has 0 saturated heterocycles. The topological polar surface area (TPSA) is 84.6 Å². The zero-order valence-electron chi connectivity index (χ0n) is 15.6. The summed E-state index contributed by atoms with van der Waals surface area (Å²) >= 11 is 1.77. The molecule has 0 saturated carbocycles. The van der Waals surface area contributed by atoms with Crippen molar-refractivity contribution in [1.29, 1.82) is 0 Å². The molecule has 3 rings (SSSR count). The molecular weight excluding hydrogens is 348 g/mol. The predicted molar refractivity (Wildman–Crippen MR) is 108 cm³/mol. The number of hydrogen-bond acceptors (Lipinski definition) is 7. The van der Waals surface area contributed by atoms with Crippen LogP contribution in [-0.4, -0.2) is 59.5 Å². The third kappa shape index (κ3) is 4.24. The lowest BCUT2D eigenvalue weighted by Gasteiger charge is -2.32. The zero-order chi connectivity index (χ0) is 18.5. The second-order valence-corrected chi connectivity index (χ2v) is 7.98. The van der Waals surface area contributed by atoms with Gasteiger partial charge in [-0.1, -0.05) is 13.8 Å². The van der Waals surface area contributed by atoms with Crippen LogP contribution in [0.5, 0.6) is 0 Å². The van der Waals surface area contributed by atoms with Crippen LogP contribution in [-0.2, 0) is 6.54 Å². The summed E-state index contributed by atoms with van der Waals surface area (Å²) < 4.78 is 0. The molecule has 0 radical (unpaired) electrons. The number of aliphatic imine (C=N–C) groups is 3. The Hall–Kier alpha value is -1.93. The molecule has 3 atom stereocenters. The molecule has 0 amide bonds. The largest absolute Gasteiger partial charge is 0.394 e. The van der Waals surface area contributed by atoms with Crippen molar-refractivity contribution in [2.45, 2.75) is 58.4 Å². The van der Waals surface area contributed by atoms with E-state index in [1.165, 1.54) is 9.75 Å². The lowest BCUT2D eigenvalue weighted by molar-refractivity contribution is 0.251. The van der Waals surface area contributed by atoms with E-state index in [2.05, 4.69) is 46.5 Å². The van der Waals surface area contributed by atoms with Gasteiger partial charge >= 0.3 is 0 Å². The predicted octanol–water partition coefficient (Wildman–Crippen LogP) is 1.72. The Kier molecular flexibility index (Phi) is 6.26. The van der Waals surface area contributed by atoms with Crippen molar-refractivity contribution in [1.82, 2.24) is 15.5 Å². The summed E-state index contributed by atoms with van der Waals surface area (Å²) in [4.78, 5) is 18.9.